The predicted octanol–water partition coefficient (Wildman–Crippen LogP) is 3.29. The van der Waals surface area contributed by atoms with Crippen molar-refractivity contribution < 1.29 is 19.7 Å². The monoisotopic (exact) mass is 264 g/mol. The van der Waals surface area contributed by atoms with Crippen LogP contribution in [-0.4, -0.2) is 22.8 Å². The highest BCUT2D eigenvalue weighted by molar-refractivity contribution is 5.66. The number of rotatable bonds is 5. The Bertz CT molecular complexity index is 436. The summed E-state index contributed by atoms with van der Waals surface area (Å²) in [6, 6.07) is 5.18. The van der Waals surface area contributed by atoms with Gasteiger partial charge in [-0.2, -0.15) is 0 Å². The maximum Gasteiger partial charge on any atom is 0.306 e. The number of ether oxygens (including phenoxy) is 1. The Labute approximate surface area is 113 Å². The first-order valence-electron chi connectivity index (χ1n) is 6.84. The molecule has 104 valence electrons. The molecule has 0 aliphatic heterocycles. The van der Waals surface area contributed by atoms with Crippen molar-refractivity contribution >= 4 is 5.97 Å². The second-order valence-corrected chi connectivity index (χ2v) is 5.05. The lowest BCUT2D eigenvalue weighted by Crippen LogP contribution is -2.07. The van der Waals surface area contributed by atoms with Crippen molar-refractivity contribution in [1.29, 1.82) is 0 Å². The van der Waals surface area contributed by atoms with Crippen LogP contribution in [0.5, 0.6) is 11.5 Å². The molecule has 1 fully saturated rings. The maximum absolute atomic E-state index is 10.4. The van der Waals surface area contributed by atoms with Crippen molar-refractivity contribution in [2.45, 2.75) is 44.4 Å². The molecule has 2 N–H and O–H groups in total. The van der Waals surface area contributed by atoms with Gasteiger partial charge in [-0.05, 0) is 37.0 Å². The van der Waals surface area contributed by atoms with Crippen molar-refractivity contribution in [2.75, 3.05) is 6.61 Å². The van der Waals surface area contributed by atoms with Crippen molar-refractivity contribution in [3.05, 3.63) is 23.8 Å². The van der Waals surface area contributed by atoms with Gasteiger partial charge in [0.05, 0.1) is 13.0 Å². The molecule has 0 unspecified atom stereocenters. The number of hydrogen-bond donors (Lipinski definition) is 2. The smallest absolute Gasteiger partial charge is 0.306 e. The Morgan fingerprint density at radius 2 is 2.00 bits per heavy atom. The van der Waals surface area contributed by atoms with Gasteiger partial charge >= 0.3 is 5.97 Å². The molecule has 0 bridgehead atoms. The molecule has 0 aromatic heterocycles. The summed E-state index contributed by atoms with van der Waals surface area (Å²) in [4.78, 5) is 10.4. The van der Waals surface area contributed by atoms with E-state index in [1.165, 1.54) is 19.3 Å². The van der Waals surface area contributed by atoms with Gasteiger partial charge in [-0.15, -0.1) is 0 Å². The summed E-state index contributed by atoms with van der Waals surface area (Å²) in [6.45, 7) is 0.157. The molecule has 1 aromatic carbocycles. The molecule has 4 nitrogen and oxygen atoms in total. The zero-order chi connectivity index (χ0) is 13.7. The van der Waals surface area contributed by atoms with Crippen LogP contribution in [0.1, 0.15) is 50.0 Å². The number of benzene rings is 1. The SMILES string of the molecule is O=C(O)CCOc1ccc(O)c(C2CCCCC2)c1. The average Bonchev–Trinajstić information content (AvgIpc) is 2.41. The molecule has 0 saturated heterocycles. The molecular formula is C15H20O4. The van der Waals surface area contributed by atoms with Crippen LogP contribution < -0.4 is 4.74 Å². The second kappa shape index (κ2) is 6.45. The topological polar surface area (TPSA) is 66.8 Å². The zero-order valence-corrected chi connectivity index (χ0v) is 11.0. The highest BCUT2D eigenvalue weighted by atomic mass is 16.5. The molecule has 0 spiro atoms. The average molecular weight is 264 g/mol. The Balaban J connectivity index is 2.03. The van der Waals surface area contributed by atoms with Crippen molar-refractivity contribution in [3.63, 3.8) is 0 Å². The predicted molar refractivity (Wildman–Crippen MR) is 71.7 cm³/mol. The molecule has 4 heteroatoms. The van der Waals surface area contributed by atoms with Crippen LogP contribution in [0.25, 0.3) is 0 Å². The summed E-state index contributed by atoms with van der Waals surface area (Å²) in [5.41, 5.74) is 0.938. The number of phenols is 1. The quantitative estimate of drug-likeness (QED) is 0.856. The number of carboxylic acid groups (broad SMARTS) is 1. The van der Waals surface area contributed by atoms with E-state index in [4.69, 9.17) is 9.84 Å². The third-order valence-corrected chi connectivity index (χ3v) is 3.63. The van der Waals surface area contributed by atoms with Gasteiger partial charge in [-0.3, -0.25) is 4.79 Å². The van der Waals surface area contributed by atoms with Gasteiger partial charge in [0.25, 0.3) is 0 Å². The van der Waals surface area contributed by atoms with Gasteiger partial charge in [0, 0.05) is 5.56 Å². The van der Waals surface area contributed by atoms with Crippen LogP contribution in [0.3, 0.4) is 0 Å². The summed E-state index contributed by atoms with van der Waals surface area (Å²) < 4.78 is 5.41. The standard InChI is InChI=1S/C15H20O4/c16-14-7-6-12(19-9-8-15(17)18)10-13(14)11-4-2-1-3-5-11/h6-7,10-11,16H,1-5,8-9H2,(H,17,18). The summed E-state index contributed by atoms with van der Waals surface area (Å²) in [6.07, 6.45) is 5.87. The first kappa shape index (κ1) is 13.7. The minimum absolute atomic E-state index is 0.0142. The first-order valence-corrected chi connectivity index (χ1v) is 6.84. The molecule has 1 aliphatic carbocycles. The van der Waals surface area contributed by atoms with Crippen LogP contribution in [0.4, 0.5) is 0 Å². The van der Waals surface area contributed by atoms with Crippen LogP contribution >= 0.6 is 0 Å². The lowest BCUT2D eigenvalue weighted by Gasteiger charge is -2.23. The van der Waals surface area contributed by atoms with Crippen molar-refractivity contribution in [1.82, 2.24) is 0 Å². The fourth-order valence-electron chi connectivity index (χ4n) is 2.62. The molecule has 1 saturated carbocycles. The van der Waals surface area contributed by atoms with Crippen LogP contribution in [0.15, 0.2) is 18.2 Å². The number of carboxylic acids is 1. The fourth-order valence-corrected chi connectivity index (χ4v) is 2.62. The van der Waals surface area contributed by atoms with E-state index in [-0.39, 0.29) is 13.0 Å². The Hall–Kier alpha value is -1.71. The van der Waals surface area contributed by atoms with Crippen molar-refractivity contribution in [2.24, 2.45) is 0 Å². The molecule has 0 radical (unpaired) electrons. The maximum atomic E-state index is 10.4. The third-order valence-electron chi connectivity index (χ3n) is 3.63. The van der Waals surface area contributed by atoms with Crippen LogP contribution in [0.2, 0.25) is 0 Å². The van der Waals surface area contributed by atoms with E-state index in [2.05, 4.69) is 0 Å². The lowest BCUT2D eigenvalue weighted by molar-refractivity contribution is -0.137. The van der Waals surface area contributed by atoms with E-state index in [1.54, 1.807) is 12.1 Å². The Morgan fingerprint density at radius 3 is 2.68 bits per heavy atom. The minimum Gasteiger partial charge on any atom is -0.508 e. The second-order valence-electron chi connectivity index (χ2n) is 5.05. The molecule has 0 atom stereocenters. The van der Waals surface area contributed by atoms with Gasteiger partial charge in [0.1, 0.15) is 11.5 Å². The van der Waals surface area contributed by atoms with E-state index >= 15 is 0 Å². The molecule has 1 aliphatic rings. The number of hydrogen-bond acceptors (Lipinski definition) is 3. The van der Waals surface area contributed by atoms with Gasteiger partial charge in [0.2, 0.25) is 0 Å². The largest absolute Gasteiger partial charge is 0.508 e. The van der Waals surface area contributed by atoms with Gasteiger partial charge in [0.15, 0.2) is 0 Å². The number of aromatic hydroxyl groups is 1. The highest BCUT2D eigenvalue weighted by Gasteiger charge is 2.19. The fraction of sp³-hybridized carbons (Fsp3) is 0.533. The Kier molecular flexibility index (Phi) is 4.66. The molecule has 19 heavy (non-hydrogen) atoms. The third kappa shape index (κ3) is 3.88. The summed E-state index contributed by atoms with van der Waals surface area (Å²) in [7, 11) is 0. The normalized spacial score (nSPS) is 16.2. The summed E-state index contributed by atoms with van der Waals surface area (Å²) in [5.74, 6) is 0.486. The van der Waals surface area contributed by atoms with E-state index < -0.39 is 5.97 Å². The van der Waals surface area contributed by atoms with Crippen molar-refractivity contribution in [3.8, 4) is 11.5 Å². The van der Waals surface area contributed by atoms with E-state index in [0.717, 1.165) is 18.4 Å². The molecule has 1 aromatic rings. The summed E-state index contributed by atoms with van der Waals surface area (Å²) >= 11 is 0. The number of phenolic OH excluding ortho intramolecular Hbond substituents is 1. The van der Waals surface area contributed by atoms with Gasteiger partial charge < -0.3 is 14.9 Å². The zero-order valence-electron chi connectivity index (χ0n) is 11.0. The molecule has 0 amide bonds. The molecule has 2 rings (SSSR count). The van der Waals surface area contributed by atoms with Gasteiger partial charge in [-0.1, -0.05) is 19.3 Å². The van der Waals surface area contributed by atoms with E-state index in [0.29, 0.717) is 17.4 Å². The lowest BCUT2D eigenvalue weighted by atomic mass is 9.83. The van der Waals surface area contributed by atoms with Crippen LogP contribution in [0, 0.1) is 0 Å². The Morgan fingerprint density at radius 1 is 1.26 bits per heavy atom. The number of aliphatic carboxylic acids is 1. The first-order chi connectivity index (χ1) is 9.16. The highest BCUT2D eigenvalue weighted by Crippen LogP contribution is 2.38. The van der Waals surface area contributed by atoms with Gasteiger partial charge in [-0.25, -0.2) is 0 Å². The van der Waals surface area contributed by atoms with E-state index in [1.807, 2.05) is 6.07 Å². The van der Waals surface area contributed by atoms with E-state index in [9.17, 15) is 9.90 Å². The number of carbonyl (C=O) groups is 1. The van der Waals surface area contributed by atoms with Crippen LogP contribution in [-0.2, 0) is 4.79 Å². The molecule has 0 heterocycles. The minimum atomic E-state index is -0.869. The molecular weight excluding hydrogens is 244 g/mol. The summed E-state index contributed by atoms with van der Waals surface area (Å²) in [5, 5.41) is 18.5.